The van der Waals surface area contributed by atoms with E-state index in [9.17, 15) is 22.8 Å². The zero-order valence-electron chi connectivity index (χ0n) is 21.7. The number of ether oxygens (including phenoxy) is 4. The molecule has 1 amide bonds. The monoisotopic (exact) mass is 556 g/mol. The highest BCUT2D eigenvalue weighted by molar-refractivity contribution is 7.89. The van der Waals surface area contributed by atoms with Crippen molar-refractivity contribution < 1.29 is 41.7 Å². The van der Waals surface area contributed by atoms with Gasteiger partial charge >= 0.3 is 11.9 Å². The number of sulfonamides is 1. The fraction of sp³-hybridized carbons (Fsp3) is 0.222. The molecule has 0 unspecified atom stereocenters. The van der Waals surface area contributed by atoms with Crippen molar-refractivity contribution in [1.29, 1.82) is 0 Å². The summed E-state index contributed by atoms with van der Waals surface area (Å²) in [5.74, 6) is -1.69. The number of hydrogen-bond donors (Lipinski definition) is 2. The molecule has 11 nitrogen and oxygen atoms in total. The van der Waals surface area contributed by atoms with Crippen molar-refractivity contribution in [2.75, 3.05) is 33.8 Å². The van der Waals surface area contributed by atoms with Crippen LogP contribution in [0.25, 0.3) is 0 Å². The number of rotatable bonds is 11. The van der Waals surface area contributed by atoms with Gasteiger partial charge < -0.3 is 24.3 Å². The highest BCUT2D eigenvalue weighted by atomic mass is 32.2. The smallest absolute Gasteiger partial charge is 0.337 e. The third kappa shape index (κ3) is 7.33. The van der Waals surface area contributed by atoms with Crippen LogP contribution in [0.2, 0.25) is 0 Å². The summed E-state index contributed by atoms with van der Waals surface area (Å²) < 4.78 is 48.9. The lowest BCUT2D eigenvalue weighted by atomic mass is 10.1. The van der Waals surface area contributed by atoms with Crippen molar-refractivity contribution in [3.05, 3.63) is 83.4 Å². The summed E-state index contributed by atoms with van der Waals surface area (Å²) in [5.41, 5.74) is 0.723. The summed E-state index contributed by atoms with van der Waals surface area (Å²) >= 11 is 0. The van der Waals surface area contributed by atoms with E-state index in [2.05, 4.69) is 10.0 Å². The molecule has 3 aromatic carbocycles. The second-order valence-corrected chi connectivity index (χ2v) is 9.87. The number of carbonyl (C=O) groups excluding carboxylic acids is 3. The number of carbonyl (C=O) groups is 3. The van der Waals surface area contributed by atoms with Crippen molar-refractivity contribution in [2.45, 2.75) is 17.4 Å². The third-order valence-corrected chi connectivity index (χ3v) is 7.07. The van der Waals surface area contributed by atoms with Crippen LogP contribution in [0.3, 0.4) is 0 Å². The summed E-state index contributed by atoms with van der Waals surface area (Å²) in [6.07, 6.45) is -0.000254. The standard InChI is InChI=1S/C27H28N2O9S/c1-35-23-11-10-21(16-24(23)36-2)39(33,34)29-22(12-17-8-6-5-7-9-17)25(30)28-20-14-18(26(31)37-3)13-19(15-20)27(32)38-4/h5-11,13-16,22,29H,12H2,1-4H3,(H,28,30)/t22-/m0/s1. The molecule has 0 fully saturated rings. The summed E-state index contributed by atoms with van der Waals surface area (Å²) in [7, 11) is 0.917. The Labute approximate surface area is 226 Å². The van der Waals surface area contributed by atoms with Crippen LogP contribution in [0.1, 0.15) is 26.3 Å². The summed E-state index contributed by atoms with van der Waals surface area (Å²) in [5, 5.41) is 2.59. The van der Waals surface area contributed by atoms with Gasteiger partial charge in [-0.15, -0.1) is 0 Å². The quantitative estimate of drug-likeness (QED) is 0.340. The first-order valence-electron chi connectivity index (χ1n) is 11.5. The molecule has 39 heavy (non-hydrogen) atoms. The Hall–Kier alpha value is -4.42. The van der Waals surface area contributed by atoms with Crippen LogP contribution in [-0.4, -0.2) is 60.7 Å². The summed E-state index contributed by atoms with van der Waals surface area (Å²) in [6.45, 7) is 0. The molecule has 1 atom stereocenters. The molecule has 0 saturated carbocycles. The lowest BCUT2D eigenvalue weighted by Gasteiger charge is -2.20. The van der Waals surface area contributed by atoms with E-state index < -0.39 is 33.9 Å². The molecule has 0 saturated heterocycles. The minimum Gasteiger partial charge on any atom is -0.493 e. The van der Waals surface area contributed by atoms with Gasteiger partial charge in [0.25, 0.3) is 0 Å². The molecule has 206 valence electrons. The zero-order valence-corrected chi connectivity index (χ0v) is 22.5. The largest absolute Gasteiger partial charge is 0.493 e. The second kappa shape index (κ2) is 12.9. The van der Waals surface area contributed by atoms with E-state index in [0.717, 1.165) is 0 Å². The van der Waals surface area contributed by atoms with E-state index >= 15 is 0 Å². The molecule has 0 aliphatic rings. The van der Waals surface area contributed by atoms with Gasteiger partial charge in [0.05, 0.1) is 44.5 Å². The summed E-state index contributed by atoms with van der Waals surface area (Å²) in [6, 6.07) is 15.4. The van der Waals surface area contributed by atoms with Crippen LogP contribution in [0, 0.1) is 0 Å². The number of esters is 2. The van der Waals surface area contributed by atoms with Crippen molar-refractivity contribution >= 4 is 33.6 Å². The number of hydrogen-bond acceptors (Lipinski definition) is 9. The average Bonchev–Trinajstić information content (AvgIpc) is 2.95. The molecular formula is C27H28N2O9S. The van der Waals surface area contributed by atoms with Crippen LogP contribution in [0.4, 0.5) is 5.69 Å². The zero-order chi connectivity index (χ0) is 28.6. The molecule has 0 aliphatic carbocycles. The van der Waals surface area contributed by atoms with Crippen molar-refractivity contribution in [3.8, 4) is 11.5 Å². The van der Waals surface area contributed by atoms with E-state index in [1.54, 1.807) is 30.3 Å². The maximum atomic E-state index is 13.4. The highest BCUT2D eigenvalue weighted by Gasteiger charge is 2.28. The van der Waals surface area contributed by atoms with Crippen LogP contribution in [-0.2, 0) is 30.7 Å². The lowest BCUT2D eigenvalue weighted by Crippen LogP contribution is -2.45. The molecule has 0 spiro atoms. The van der Waals surface area contributed by atoms with Gasteiger partial charge in [0.15, 0.2) is 11.5 Å². The van der Waals surface area contributed by atoms with Crippen LogP contribution >= 0.6 is 0 Å². The van der Waals surface area contributed by atoms with Gasteiger partial charge in [0.2, 0.25) is 15.9 Å². The number of anilines is 1. The van der Waals surface area contributed by atoms with E-state index in [1.807, 2.05) is 0 Å². The van der Waals surface area contributed by atoms with Crippen molar-refractivity contribution in [1.82, 2.24) is 4.72 Å². The fourth-order valence-corrected chi connectivity index (χ4v) is 4.89. The Bertz CT molecular complexity index is 1420. The normalized spacial score (nSPS) is 11.7. The van der Waals surface area contributed by atoms with Gasteiger partial charge in [0.1, 0.15) is 6.04 Å². The predicted molar refractivity (Wildman–Crippen MR) is 142 cm³/mol. The number of methoxy groups -OCH3 is 4. The Morgan fingerprint density at radius 3 is 1.90 bits per heavy atom. The summed E-state index contributed by atoms with van der Waals surface area (Å²) in [4.78, 5) is 37.6. The van der Waals surface area contributed by atoms with Gasteiger partial charge in [-0.2, -0.15) is 4.72 Å². The van der Waals surface area contributed by atoms with E-state index in [4.69, 9.17) is 18.9 Å². The Kier molecular flexibility index (Phi) is 9.63. The second-order valence-electron chi connectivity index (χ2n) is 8.15. The molecule has 3 rings (SSSR count). The maximum absolute atomic E-state index is 13.4. The predicted octanol–water partition coefficient (Wildman–Crippen LogP) is 2.81. The van der Waals surface area contributed by atoms with Crippen molar-refractivity contribution in [3.63, 3.8) is 0 Å². The Balaban J connectivity index is 1.97. The average molecular weight is 557 g/mol. The van der Waals surface area contributed by atoms with Gasteiger partial charge in [0, 0.05) is 11.8 Å². The molecule has 12 heteroatoms. The molecule has 3 aromatic rings. The topological polar surface area (TPSA) is 146 Å². The van der Waals surface area contributed by atoms with Crippen LogP contribution in [0.15, 0.2) is 71.6 Å². The number of nitrogens with one attached hydrogen (secondary N) is 2. The highest BCUT2D eigenvalue weighted by Crippen LogP contribution is 2.29. The van der Waals surface area contributed by atoms with E-state index in [-0.39, 0.29) is 33.9 Å². The minimum absolute atomic E-state index is 0.000254. The molecule has 0 radical (unpaired) electrons. The Morgan fingerprint density at radius 2 is 1.36 bits per heavy atom. The van der Waals surface area contributed by atoms with Gasteiger partial charge in [-0.05, 0) is 42.3 Å². The van der Waals surface area contributed by atoms with E-state index in [0.29, 0.717) is 11.3 Å². The molecule has 0 bridgehead atoms. The van der Waals surface area contributed by atoms with Gasteiger partial charge in [-0.25, -0.2) is 18.0 Å². The molecule has 2 N–H and O–H groups in total. The minimum atomic E-state index is -4.22. The molecular weight excluding hydrogens is 528 g/mol. The third-order valence-electron chi connectivity index (χ3n) is 5.60. The van der Waals surface area contributed by atoms with Crippen molar-refractivity contribution in [2.24, 2.45) is 0 Å². The fourth-order valence-electron chi connectivity index (χ4n) is 3.68. The molecule has 0 aromatic heterocycles. The lowest BCUT2D eigenvalue weighted by molar-refractivity contribution is -0.117. The first kappa shape index (κ1) is 29.1. The molecule has 0 heterocycles. The van der Waals surface area contributed by atoms with Crippen LogP contribution in [0.5, 0.6) is 11.5 Å². The molecule has 0 aliphatic heterocycles. The number of benzene rings is 3. The number of amides is 1. The van der Waals surface area contributed by atoms with Gasteiger partial charge in [-0.3, -0.25) is 4.79 Å². The SMILES string of the molecule is COC(=O)c1cc(NC(=O)[C@H](Cc2ccccc2)NS(=O)(=O)c2ccc(OC)c(OC)c2)cc(C(=O)OC)c1. The first-order valence-corrected chi connectivity index (χ1v) is 13.0. The van der Waals surface area contributed by atoms with E-state index in [1.165, 1.54) is 64.8 Å². The van der Waals surface area contributed by atoms with Crippen LogP contribution < -0.4 is 19.5 Å². The Morgan fingerprint density at radius 1 is 0.769 bits per heavy atom. The maximum Gasteiger partial charge on any atom is 0.337 e. The van der Waals surface area contributed by atoms with Gasteiger partial charge in [-0.1, -0.05) is 30.3 Å². The first-order chi connectivity index (χ1) is 18.6.